The van der Waals surface area contributed by atoms with Crippen LogP contribution < -0.4 is 20.3 Å². The molecule has 49 heavy (non-hydrogen) atoms. The molecule has 5 heterocycles. The summed E-state index contributed by atoms with van der Waals surface area (Å²) in [6.07, 6.45) is -5.65. The van der Waals surface area contributed by atoms with E-state index >= 15 is 0 Å². The fourth-order valence-corrected chi connectivity index (χ4v) is 7.00. The number of thioether (sulfide) groups is 1. The van der Waals surface area contributed by atoms with Crippen molar-refractivity contribution < 1.29 is 68.8 Å². The fourth-order valence-electron chi connectivity index (χ4n) is 4.94. The highest BCUT2D eigenvalue weighted by Crippen LogP contribution is 2.40. The van der Waals surface area contributed by atoms with Gasteiger partial charge in [0.25, 0.3) is 11.8 Å². The number of hydrogen-bond acceptors (Lipinski definition) is 16. The van der Waals surface area contributed by atoms with Crippen LogP contribution in [0.1, 0.15) is 19.5 Å². The summed E-state index contributed by atoms with van der Waals surface area (Å²) >= 11 is 2.02. The van der Waals surface area contributed by atoms with Crippen LogP contribution in [0.3, 0.4) is 0 Å². The van der Waals surface area contributed by atoms with E-state index in [1.54, 1.807) is 35.2 Å². The number of hydrogen-bond donors (Lipinski definition) is 7. The quantitative estimate of drug-likeness (QED) is 0.0483. The molecule has 0 spiro atoms. The van der Waals surface area contributed by atoms with E-state index in [0.29, 0.717) is 5.57 Å². The van der Waals surface area contributed by atoms with Gasteiger partial charge in [-0.05, 0) is 13.8 Å². The monoisotopic (exact) mass is 722 g/mol. The summed E-state index contributed by atoms with van der Waals surface area (Å²) in [6, 6.07) is 4.09. The maximum Gasteiger partial charge on any atom is 0.350 e. The Morgan fingerprint density at radius 1 is 1.14 bits per heavy atom. The second-order valence-corrected chi connectivity index (χ2v) is 13.4. The number of nitrogens with one attached hydrogen (secondary N) is 2. The largest absolute Gasteiger partial charge is 0.543 e. The third-order valence-electron chi connectivity index (χ3n) is 7.64. The minimum Gasteiger partial charge on any atom is -0.543 e. The number of amides is 2. The van der Waals surface area contributed by atoms with Crippen LogP contribution in [0.5, 0.6) is 0 Å². The summed E-state index contributed by atoms with van der Waals surface area (Å²) in [5.41, 5.74) is -2.61. The van der Waals surface area contributed by atoms with Crippen LogP contribution in [0.2, 0.25) is 0 Å². The molecule has 2 amide bonds. The van der Waals surface area contributed by atoms with Gasteiger partial charge in [0.15, 0.2) is 42.1 Å². The summed E-state index contributed by atoms with van der Waals surface area (Å²) in [5, 5.41) is 70.4. The molecule has 0 bridgehead atoms. The fraction of sp³-hybridized carbons (Fsp3) is 0.429. The summed E-state index contributed by atoms with van der Waals surface area (Å²) < 4.78 is 6.92. The number of aromatic nitrogens is 2. The molecule has 2 fully saturated rings. The van der Waals surface area contributed by atoms with Crippen molar-refractivity contribution in [2.45, 2.75) is 68.1 Å². The van der Waals surface area contributed by atoms with E-state index in [9.17, 15) is 54.6 Å². The maximum atomic E-state index is 13.6. The number of carbonyl (C=O) groups is 5. The number of rotatable bonds is 12. The van der Waals surface area contributed by atoms with Gasteiger partial charge in [0.1, 0.15) is 35.4 Å². The number of oxime groups is 1. The van der Waals surface area contributed by atoms with Gasteiger partial charge in [-0.3, -0.25) is 14.5 Å². The summed E-state index contributed by atoms with van der Waals surface area (Å²) in [7, 11) is 0. The molecule has 7 N–H and O–H groups in total. The second-order valence-electron chi connectivity index (χ2n) is 11.5. The lowest BCUT2D eigenvalue weighted by atomic mass is 9.98. The number of thiazole rings is 1. The van der Waals surface area contributed by atoms with Crippen LogP contribution in [-0.4, -0.2) is 124 Å². The lowest BCUT2D eigenvalue weighted by Gasteiger charge is -2.50. The topological polar surface area (TPSA) is 284 Å². The van der Waals surface area contributed by atoms with Crippen molar-refractivity contribution in [3.8, 4) is 0 Å². The van der Waals surface area contributed by atoms with Gasteiger partial charge in [-0.15, -0.1) is 23.1 Å². The molecule has 3 aliphatic rings. The first kappa shape index (κ1) is 35.6. The molecule has 3 aliphatic heterocycles. The zero-order valence-electron chi connectivity index (χ0n) is 25.5. The molecule has 0 saturated carbocycles. The predicted molar refractivity (Wildman–Crippen MR) is 163 cm³/mol. The minimum absolute atomic E-state index is 0.0916. The number of carboxylic acids is 3. The van der Waals surface area contributed by atoms with E-state index in [0.717, 1.165) is 30.1 Å². The van der Waals surface area contributed by atoms with Crippen LogP contribution >= 0.6 is 23.1 Å². The third-order valence-corrected chi connectivity index (χ3v) is 9.76. The number of aliphatic carboxylic acids is 3. The highest BCUT2D eigenvalue weighted by Gasteiger charge is 2.53. The molecular weight excluding hydrogens is 692 g/mol. The van der Waals surface area contributed by atoms with Crippen molar-refractivity contribution in [2.24, 2.45) is 5.16 Å². The number of pyridine rings is 1. The Bertz CT molecular complexity index is 1720. The maximum absolute atomic E-state index is 13.6. The van der Waals surface area contributed by atoms with Crippen LogP contribution in [0, 0.1) is 0 Å². The molecule has 0 radical (unpaired) electrons. The number of β-lactam (4-membered cyclic amide) rings is 1. The first-order valence-electron chi connectivity index (χ1n) is 14.4. The highest BCUT2D eigenvalue weighted by atomic mass is 32.2. The van der Waals surface area contributed by atoms with Crippen molar-refractivity contribution in [3.05, 3.63) is 52.9 Å². The molecule has 2 aromatic rings. The standard InChI is InChI=1S/C28H30N6O13S2/c1-28(2,26(44)45)47-32-13(12-10-49-27(29-12)31-21-18(37)16(35)17(36)19(46-21)25(42)43)20(38)30-14-22(39)34-15(24(40)41)11(9-48-23(14)34)8-33-6-4-3-5-7-33/h3-7,10,14,16-19,21,23,35-37H,8-9H2,1-2H3,(H4-,29,30,31,38,40,41,42,43,44,45)/b32-13-/t14-,16?,17?,18?,19?,21?,23-/m1/s1. The van der Waals surface area contributed by atoms with Crippen LogP contribution in [0.25, 0.3) is 0 Å². The Morgan fingerprint density at radius 3 is 2.47 bits per heavy atom. The molecule has 7 atom stereocenters. The van der Waals surface area contributed by atoms with Crippen LogP contribution in [0.15, 0.2) is 52.4 Å². The number of ether oxygens (including phenoxy) is 1. The Morgan fingerprint density at radius 2 is 1.84 bits per heavy atom. The summed E-state index contributed by atoms with van der Waals surface area (Å²) in [6.45, 7) is 2.50. The van der Waals surface area contributed by atoms with Gasteiger partial charge in [-0.1, -0.05) is 11.2 Å². The highest BCUT2D eigenvalue weighted by molar-refractivity contribution is 8.00. The molecule has 19 nitrogen and oxygen atoms in total. The number of aliphatic hydroxyl groups is 3. The Balaban J connectivity index is 1.36. The first-order chi connectivity index (χ1) is 23.1. The van der Waals surface area contributed by atoms with E-state index < -0.39 is 83.1 Å². The SMILES string of the molecule is CC(C)(O/N=C(\C(=O)N[C@@H]1C(=O)N2C(C(=O)[O-])=C(C[n+]3ccccc3)CS[C@H]12)c1csc(NC2OC(C(=O)O)C(O)C(O)C2O)n1)C(=O)O. The molecular formula is C28H30N6O13S2. The van der Waals surface area contributed by atoms with E-state index in [2.05, 4.69) is 20.8 Å². The number of aliphatic hydroxyl groups excluding tert-OH is 3. The van der Waals surface area contributed by atoms with E-state index in [1.807, 2.05) is 0 Å². The zero-order valence-corrected chi connectivity index (χ0v) is 27.2. The zero-order chi connectivity index (χ0) is 35.8. The van der Waals surface area contributed by atoms with Crippen molar-refractivity contribution in [2.75, 3.05) is 11.1 Å². The number of anilines is 1. The van der Waals surface area contributed by atoms with Crippen molar-refractivity contribution >= 4 is 63.7 Å². The normalized spacial score (nSPS) is 27.1. The predicted octanol–water partition coefficient (Wildman–Crippen LogP) is -3.58. The lowest BCUT2D eigenvalue weighted by molar-refractivity contribution is -0.689. The smallest absolute Gasteiger partial charge is 0.350 e. The van der Waals surface area contributed by atoms with Gasteiger partial charge in [0, 0.05) is 28.8 Å². The molecule has 0 aliphatic carbocycles. The van der Waals surface area contributed by atoms with Gasteiger partial charge in [0.05, 0.1) is 11.7 Å². The Hall–Kier alpha value is -4.67. The van der Waals surface area contributed by atoms with Gasteiger partial charge in [0.2, 0.25) is 5.60 Å². The third kappa shape index (κ3) is 7.21. The Kier molecular flexibility index (Phi) is 10.2. The van der Waals surface area contributed by atoms with Gasteiger partial charge in [-0.2, -0.15) is 0 Å². The Labute approximate surface area is 284 Å². The summed E-state index contributed by atoms with van der Waals surface area (Å²) in [4.78, 5) is 72.4. The number of nitrogens with zero attached hydrogens (tertiary/aromatic N) is 4. The second kappa shape index (κ2) is 14.1. The van der Waals surface area contributed by atoms with E-state index in [4.69, 9.17) is 9.57 Å². The molecule has 2 aromatic heterocycles. The average molecular weight is 723 g/mol. The molecule has 262 valence electrons. The molecule has 5 rings (SSSR count). The van der Waals surface area contributed by atoms with E-state index in [-0.39, 0.29) is 28.8 Å². The van der Waals surface area contributed by atoms with Gasteiger partial charge >= 0.3 is 11.9 Å². The van der Waals surface area contributed by atoms with Gasteiger partial charge < -0.3 is 55.6 Å². The van der Waals surface area contributed by atoms with Crippen LogP contribution in [0.4, 0.5) is 5.13 Å². The number of fused-ring (bicyclic) bond motifs is 1. The lowest BCUT2D eigenvalue weighted by Crippen LogP contribution is -2.71. The molecule has 5 unspecified atom stereocenters. The van der Waals surface area contributed by atoms with Crippen LogP contribution in [-0.2, 0) is 40.1 Å². The molecule has 2 saturated heterocycles. The van der Waals surface area contributed by atoms with Crippen molar-refractivity contribution in [3.63, 3.8) is 0 Å². The van der Waals surface area contributed by atoms with Crippen molar-refractivity contribution in [1.29, 1.82) is 0 Å². The minimum atomic E-state index is -1.94. The van der Waals surface area contributed by atoms with Crippen molar-refractivity contribution in [1.82, 2.24) is 15.2 Å². The number of carboxylic acid groups (broad SMARTS) is 3. The average Bonchev–Trinajstić information content (AvgIpc) is 3.51. The molecule has 0 aromatic carbocycles. The summed E-state index contributed by atoms with van der Waals surface area (Å²) in [5.74, 6) is -6.18. The molecule has 21 heteroatoms. The van der Waals surface area contributed by atoms with Gasteiger partial charge in [-0.25, -0.2) is 19.1 Å². The number of carbonyl (C=O) groups excluding carboxylic acids is 3. The first-order valence-corrected chi connectivity index (χ1v) is 16.3. The van der Waals surface area contributed by atoms with E-state index in [1.165, 1.54) is 17.1 Å².